The third-order valence-electron chi connectivity index (χ3n) is 18.3. The van der Waals surface area contributed by atoms with Crippen LogP contribution in [0.1, 0.15) is 186 Å². The van der Waals surface area contributed by atoms with Crippen LogP contribution in [0.4, 0.5) is 0 Å². The molecular formula is C48H92N8Si. The first-order chi connectivity index (χ1) is 26.8. The first kappa shape index (κ1) is 43.5. The lowest BCUT2D eigenvalue weighted by Gasteiger charge is -2.66. The molecule has 8 atom stereocenters. The molecule has 0 amide bonds. The van der Waals surface area contributed by atoms with Crippen LogP contribution in [0.3, 0.4) is 0 Å². The molecule has 8 nitrogen and oxygen atoms in total. The molecule has 9 aliphatic rings. The Labute approximate surface area is 352 Å². The maximum atomic E-state index is 4.26. The van der Waals surface area contributed by atoms with E-state index in [1.54, 1.807) is 0 Å². The summed E-state index contributed by atoms with van der Waals surface area (Å²) in [6.07, 6.45) is 25.6. The third-order valence-corrected chi connectivity index (χ3v) is 27.3. The number of fused-ring (bicyclic) bond motifs is 20. The topological polar surface area (TPSA) is 96.2 Å². The molecule has 4 saturated carbocycles. The first-order valence-corrected chi connectivity index (χ1v) is 26.9. The maximum absolute atomic E-state index is 4.26. The summed E-state index contributed by atoms with van der Waals surface area (Å²) in [4.78, 5) is 0. The van der Waals surface area contributed by atoms with Gasteiger partial charge in [0.2, 0.25) is 0 Å². The van der Waals surface area contributed by atoms with E-state index in [9.17, 15) is 0 Å². The summed E-state index contributed by atoms with van der Waals surface area (Å²) < 4.78 is 0. The van der Waals surface area contributed by atoms with Crippen LogP contribution in [-0.2, 0) is 0 Å². The second-order valence-electron chi connectivity index (χ2n) is 25.4. The standard InChI is InChI=1S/C32H56N8.C16H36Si/c1-2-10-18-17(9-1)25-33-26(18)38-28-21-13-5-6-14-22(21)30(35-28)40-32-24-16-8-7-15-23(24)31(36-32)39-29-20-12-4-3-11-19(20)27(34-29)37-25;1-13(2,3)17(14(4,5)6,15(7,8)9)16(10,11)12/h17-40H,1-16H2;1-12H3. The van der Waals surface area contributed by atoms with Crippen LogP contribution >= 0.6 is 0 Å². The van der Waals surface area contributed by atoms with Crippen LogP contribution in [0.5, 0.6) is 0 Å². The van der Waals surface area contributed by atoms with Gasteiger partial charge in [0.05, 0.1) is 57.4 Å². The monoisotopic (exact) mass is 809 g/mol. The largest absolute Gasteiger partial charge is 0.286 e. The minimum atomic E-state index is -1.60. The highest BCUT2D eigenvalue weighted by Crippen LogP contribution is 2.70. The Hall–Kier alpha value is -0.103. The van der Waals surface area contributed by atoms with Crippen molar-refractivity contribution >= 4 is 8.07 Å². The van der Waals surface area contributed by atoms with E-state index < -0.39 is 8.07 Å². The zero-order valence-corrected chi connectivity index (χ0v) is 40.1. The summed E-state index contributed by atoms with van der Waals surface area (Å²) in [5.41, 5.74) is 0. The van der Waals surface area contributed by atoms with E-state index in [-0.39, 0.29) is 0 Å². The van der Waals surface area contributed by atoms with Gasteiger partial charge in [-0.1, -0.05) is 134 Å². The predicted octanol–water partition coefficient (Wildman–Crippen LogP) is 9.24. The Morgan fingerprint density at radius 2 is 0.368 bits per heavy atom. The molecular weight excluding hydrogens is 717 g/mol. The number of nitrogens with one attached hydrogen (secondary N) is 8. The zero-order valence-electron chi connectivity index (χ0n) is 39.1. The molecule has 9 heteroatoms. The van der Waals surface area contributed by atoms with Crippen LogP contribution in [0.15, 0.2) is 0 Å². The minimum Gasteiger partial charge on any atom is -0.286 e. The van der Waals surface area contributed by atoms with Crippen LogP contribution in [0.25, 0.3) is 0 Å². The Balaban J connectivity index is 0.000000229. The van der Waals surface area contributed by atoms with Crippen LogP contribution in [-0.4, -0.2) is 57.4 Å². The summed E-state index contributed by atoms with van der Waals surface area (Å²) in [5.74, 6) is 5.97. The molecule has 5 aliphatic heterocycles. The number of hydrogen-bond acceptors (Lipinski definition) is 8. The van der Waals surface area contributed by atoms with Gasteiger partial charge in [-0.15, -0.1) is 0 Å². The van der Waals surface area contributed by atoms with E-state index in [1.165, 1.54) is 103 Å². The molecule has 328 valence electrons. The van der Waals surface area contributed by atoms with Gasteiger partial charge >= 0.3 is 0 Å². The zero-order chi connectivity index (χ0) is 40.7. The van der Waals surface area contributed by atoms with Crippen molar-refractivity contribution in [2.75, 3.05) is 0 Å². The van der Waals surface area contributed by atoms with Crippen LogP contribution < -0.4 is 42.5 Å². The maximum Gasteiger partial charge on any atom is 0.0751 e. The average molecular weight is 809 g/mol. The SMILES string of the molecule is C1CCC2C3NC(NC4NC(NC5NC(NC6NC(N3)C3CCCCC63)C3CCCCC53)C3CCCCC43)C2C1.CC(C)(C)[Si](C(C)(C)C)(C(C)(C)C)C(C)(C)C. The Kier molecular flexibility index (Phi) is 12.4. The quantitative estimate of drug-likeness (QED) is 0.115. The Bertz CT molecular complexity index is 1090. The highest BCUT2D eigenvalue weighted by atomic mass is 28.3. The fourth-order valence-electron chi connectivity index (χ4n) is 18.7. The first-order valence-electron chi connectivity index (χ1n) is 24.9. The van der Waals surface area contributed by atoms with Gasteiger partial charge in [-0.05, 0) is 119 Å². The lowest BCUT2D eigenvalue weighted by atomic mass is 9.76. The second-order valence-corrected chi connectivity index (χ2v) is 32.9. The van der Waals surface area contributed by atoms with E-state index in [1.807, 2.05) is 0 Å². The van der Waals surface area contributed by atoms with Gasteiger partial charge in [0.1, 0.15) is 0 Å². The average Bonchev–Trinajstić information content (AvgIpc) is 3.85. The molecule has 0 aromatic heterocycles. The molecule has 0 aromatic rings. The van der Waals surface area contributed by atoms with Gasteiger partial charge in [-0.3, -0.25) is 42.5 Å². The molecule has 0 aromatic carbocycles. The summed E-state index contributed by atoms with van der Waals surface area (Å²) in [7, 11) is -1.60. The molecule has 8 bridgehead atoms. The van der Waals surface area contributed by atoms with E-state index in [2.05, 4.69) is 126 Å². The third kappa shape index (κ3) is 7.84. The summed E-state index contributed by atoms with van der Waals surface area (Å²) in [6, 6.07) is 0. The Morgan fingerprint density at radius 3 is 0.456 bits per heavy atom. The van der Waals surface area contributed by atoms with E-state index in [0.717, 1.165) is 47.3 Å². The summed E-state index contributed by atoms with van der Waals surface area (Å²) in [5, 5.41) is 35.4. The molecule has 0 spiro atoms. The van der Waals surface area contributed by atoms with Crippen molar-refractivity contribution in [2.45, 2.75) is 255 Å². The van der Waals surface area contributed by atoms with Gasteiger partial charge in [-0.2, -0.15) is 0 Å². The van der Waals surface area contributed by atoms with Crippen LogP contribution in [0, 0.1) is 47.3 Å². The van der Waals surface area contributed by atoms with Crippen molar-refractivity contribution < 1.29 is 0 Å². The van der Waals surface area contributed by atoms with E-state index in [4.69, 9.17) is 0 Å². The summed E-state index contributed by atoms with van der Waals surface area (Å²) in [6.45, 7) is 29.7. The van der Waals surface area contributed by atoms with Gasteiger partial charge in [0, 0.05) is 0 Å². The normalized spacial score (nSPS) is 45.3. The van der Waals surface area contributed by atoms with Crippen molar-refractivity contribution in [2.24, 2.45) is 47.3 Å². The molecule has 4 aliphatic carbocycles. The molecule has 0 radical (unpaired) electrons. The molecule has 5 saturated heterocycles. The molecule has 9 rings (SSSR count). The fourth-order valence-corrected chi connectivity index (χ4v) is 32.2. The van der Waals surface area contributed by atoms with Crippen molar-refractivity contribution in [1.29, 1.82) is 0 Å². The van der Waals surface area contributed by atoms with E-state index >= 15 is 0 Å². The van der Waals surface area contributed by atoms with Crippen molar-refractivity contribution in [3.63, 3.8) is 0 Å². The second kappa shape index (κ2) is 16.2. The molecule has 57 heavy (non-hydrogen) atoms. The smallest absolute Gasteiger partial charge is 0.0751 e. The van der Waals surface area contributed by atoms with Gasteiger partial charge in [0.15, 0.2) is 0 Å². The molecule has 9 fully saturated rings. The Morgan fingerprint density at radius 1 is 0.246 bits per heavy atom. The molecule has 5 heterocycles. The van der Waals surface area contributed by atoms with Gasteiger partial charge in [0.25, 0.3) is 0 Å². The molecule has 8 unspecified atom stereocenters. The minimum absolute atomic E-state index is 0.405. The van der Waals surface area contributed by atoms with Crippen molar-refractivity contribution in [1.82, 2.24) is 42.5 Å². The lowest BCUT2D eigenvalue weighted by molar-refractivity contribution is 0.167. The highest BCUT2D eigenvalue weighted by molar-refractivity contribution is 6.90. The highest BCUT2D eigenvalue weighted by Gasteiger charge is 2.65. The summed E-state index contributed by atoms with van der Waals surface area (Å²) >= 11 is 0. The lowest BCUT2D eigenvalue weighted by Crippen LogP contribution is -2.63. The predicted molar refractivity (Wildman–Crippen MR) is 242 cm³/mol. The van der Waals surface area contributed by atoms with Crippen molar-refractivity contribution in [3.05, 3.63) is 0 Å². The number of hydrogen-bond donors (Lipinski definition) is 8. The van der Waals surface area contributed by atoms with E-state index in [0.29, 0.717) is 69.5 Å². The van der Waals surface area contributed by atoms with Crippen molar-refractivity contribution in [3.8, 4) is 0 Å². The van der Waals surface area contributed by atoms with Gasteiger partial charge in [-0.25, -0.2) is 0 Å². The molecule has 8 N–H and O–H groups in total. The van der Waals surface area contributed by atoms with Gasteiger partial charge < -0.3 is 0 Å². The fraction of sp³-hybridized carbons (Fsp3) is 1.00. The van der Waals surface area contributed by atoms with Crippen LogP contribution in [0.2, 0.25) is 20.2 Å². The number of rotatable bonds is 0.